The van der Waals surface area contributed by atoms with E-state index >= 15 is 0 Å². The Morgan fingerprint density at radius 1 is 1.13 bits per heavy atom. The molecule has 0 atom stereocenters. The van der Waals surface area contributed by atoms with Gasteiger partial charge in [0.25, 0.3) is 5.56 Å². The highest BCUT2D eigenvalue weighted by Crippen LogP contribution is 2.35. The Bertz CT molecular complexity index is 1240. The molecule has 0 aliphatic heterocycles. The van der Waals surface area contributed by atoms with Gasteiger partial charge in [-0.1, -0.05) is 42.5 Å². The number of amides is 1. The summed E-state index contributed by atoms with van der Waals surface area (Å²) in [5.74, 6) is 0.516. The Morgan fingerprint density at radius 2 is 1.87 bits per heavy atom. The van der Waals surface area contributed by atoms with Gasteiger partial charge in [-0.15, -0.1) is 11.3 Å². The SMILES string of the molecule is COc1ccc(CNC(=O)Cn2cnc3sc(-c4ccccc4)c(C)c3c2=O)cc1. The molecule has 6 nitrogen and oxygen atoms in total. The van der Waals surface area contributed by atoms with Crippen molar-refractivity contribution < 1.29 is 9.53 Å². The van der Waals surface area contributed by atoms with E-state index in [9.17, 15) is 9.59 Å². The molecule has 0 unspecified atom stereocenters. The molecule has 30 heavy (non-hydrogen) atoms. The molecule has 0 fully saturated rings. The van der Waals surface area contributed by atoms with Crippen LogP contribution in [0.15, 0.2) is 65.7 Å². The van der Waals surface area contributed by atoms with Crippen molar-refractivity contribution in [3.05, 3.63) is 82.4 Å². The second-order valence-corrected chi connectivity index (χ2v) is 7.90. The number of rotatable bonds is 6. The number of aromatic nitrogens is 2. The van der Waals surface area contributed by atoms with Gasteiger partial charge in [0.1, 0.15) is 17.1 Å². The number of methoxy groups -OCH3 is 1. The minimum atomic E-state index is -0.245. The quantitative estimate of drug-likeness (QED) is 0.517. The van der Waals surface area contributed by atoms with Gasteiger partial charge in [-0.3, -0.25) is 14.2 Å². The number of nitrogens with one attached hydrogen (secondary N) is 1. The van der Waals surface area contributed by atoms with E-state index in [-0.39, 0.29) is 18.0 Å². The molecule has 0 radical (unpaired) electrons. The first-order valence-electron chi connectivity index (χ1n) is 9.50. The zero-order chi connectivity index (χ0) is 21.1. The molecule has 4 aromatic rings. The maximum Gasteiger partial charge on any atom is 0.262 e. The van der Waals surface area contributed by atoms with Gasteiger partial charge in [-0.2, -0.15) is 0 Å². The summed E-state index contributed by atoms with van der Waals surface area (Å²) in [5, 5.41) is 3.41. The summed E-state index contributed by atoms with van der Waals surface area (Å²) in [6.45, 7) is 2.23. The number of hydrogen-bond donors (Lipinski definition) is 1. The largest absolute Gasteiger partial charge is 0.497 e. The van der Waals surface area contributed by atoms with Crippen LogP contribution in [0.5, 0.6) is 5.75 Å². The van der Waals surface area contributed by atoms with Crippen molar-refractivity contribution in [1.82, 2.24) is 14.9 Å². The summed E-state index contributed by atoms with van der Waals surface area (Å²) in [4.78, 5) is 31.5. The summed E-state index contributed by atoms with van der Waals surface area (Å²) in [7, 11) is 1.61. The molecule has 0 aliphatic rings. The van der Waals surface area contributed by atoms with Crippen LogP contribution in [0, 0.1) is 6.92 Å². The lowest BCUT2D eigenvalue weighted by Crippen LogP contribution is -2.32. The van der Waals surface area contributed by atoms with Crippen LogP contribution < -0.4 is 15.6 Å². The van der Waals surface area contributed by atoms with Gasteiger partial charge < -0.3 is 10.1 Å². The molecule has 0 bridgehead atoms. The van der Waals surface area contributed by atoms with Crippen molar-refractivity contribution in [1.29, 1.82) is 0 Å². The standard InChI is InChI=1S/C23H21N3O3S/c1-15-20-22(30-21(15)17-6-4-3-5-7-17)25-14-26(23(20)28)13-19(27)24-12-16-8-10-18(29-2)11-9-16/h3-11,14H,12-13H2,1-2H3,(H,24,27). The predicted octanol–water partition coefficient (Wildman–Crippen LogP) is 3.76. The smallest absolute Gasteiger partial charge is 0.262 e. The number of carbonyl (C=O) groups is 1. The molecule has 7 heteroatoms. The fourth-order valence-electron chi connectivity index (χ4n) is 3.29. The average molecular weight is 420 g/mol. The second kappa shape index (κ2) is 8.51. The lowest BCUT2D eigenvalue weighted by molar-refractivity contribution is -0.121. The zero-order valence-electron chi connectivity index (χ0n) is 16.7. The molecular formula is C23H21N3O3S. The fourth-order valence-corrected chi connectivity index (χ4v) is 4.44. The van der Waals surface area contributed by atoms with Crippen LogP contribution in [-0.4, -0.2) is 22.6 Å². The highest BCUT2D eigenvalue weighted by atomic mass is 32.1. The van der Waals surface area contributed by atoms with Crippen LogP contribution in [-0.2, 0) is 17.9 Å². The second-order valence-electron chi connectivity index (χ2n) is 6.90. The Balaban J connectivity index is 1.52. The maximum absolute atomic E-state index is 13.0. The minimum absolute atomic E-state index is 0.0755. The summed E-state index contributed by atoms with van der Waals surface area (Å²) in [6, 6.07) is 17.4. The van der Waals surface area contributed by atoms with Gasteiger partial charge in [-0.05, 0) is 35.7 Å². The Kier molecular flexibility index (Phi) is 5.63. The molecule has 2 aromatic heterocycles. The lowest BCUT2D eigenvalue weighted by atomic mass is 10.1. The van der Waals surface area contributed by atoms with Crippen LogP contribution >= 0.6 is 11.3 Å². The van der Waals surface area contributed by atoms with E-state index in [0.717, 1.165) is 27.3 Å². The molecule has 0 spiro atoms. The molecule has 0 saturated carbocycles. The van der Waals surface area contributed by atoms with Crippen molar-refractivity contribution in [3.63, 3.8) is 0 Å². The fraction of sp³-hybridized carbons (Fsp3) is 0.174. The number of aryl methyl sites for hydroxylation is 1. The van der Waals surface area contributed by atoms with E-state index in [0.29, 0.717) is 16.8 Å². The first-order valence-corrected chi connectivity index (χ1v) is 10.3. The van der Waals surface area contributed by atoms with Gasteiger partial charge >= 0.3 is 0 Å². The first-order chi connectivity index (χ1) is 14.6. The Morgan fingerprint density at radius 3 is 2.57 bits per heavy atom. The van der Waals surface area contributed by atoms with Crippen molar-refractivity contribution in [2.24, 2.45) is 0 Å². The van der Waals surface area contributed by atoms with Gasteiger partial charge in [0, 0.05) is 11.4 Å². The van der Waals surface area contributed by atoms with Crippen LogP contribution in [0.4, 0.5) is 0 Å². The third kappa shape index (κ3) is 3.97. The van der Waals surface area contributed by atoms with Crippen molar-refractivity contribution in [2.75, 3.05) is 7.11 Å². The van der Waals surface area contributed by atoms with Crippen LogP contribution in [0.2, 0.25) is 0 Å². The van der Waals surface area contributed by atoms with E-state index in [1.807, 2.05) is 61.5 Å². The summed E-state index contributed by atoms with van der Waals surface area (Å²) in [6.07, 6.45) is 1.45. The molecule has 0 saturated heterocycles. The van der Waals surface area contributed by atoms with E-state index < -0.39 is 0 Å². The first kappa shape index (κ1) is 19.8. The number of nitrogens with zero attached hydrogens (tertiary/aromatic N) is 2. The van der Waals surface area contributed by atoms with Gasteiger partial charge in [0.15, 0.2) is 0 Å². The van der Waals surface area contributed by atoms with Gasteiger partial charge in [-0.25, -0.2) is 4.98 Å². The third-order valence-electron chi connectivity index (χ3n) is 4.92. The Labute approximate surface area is 177 Å². The zero-order valence-corrected chi connectivity index (χ0v) is 17.5. The maximum atomic E-state index is 13.0. The van der Waals surface area contributed by atoms with E-state index in [1.54, 1.807) is 7.11 Å². The molecule has 2 heterocycles. The molecule has 1 N–H and O–H groups in total. The molecule has 152 valence electrons. The van der Waals surface area contributed by atoms with Crippen LogP contribution in [0.3, 0.4) is 0 Å². The number of benzene rings is 2. The van der Waals surface area contributed by atoms with E-state index in [2.05, 4.69) is 10.3 Å². The summed E-state index contributed by atoms with van der Waals surface area (Å²) in [5.41, 5.74) is 2.70. The molecule has 2 aromatic carbocycles. The number of hydrogen-bond acceptors (Lipinski definition) is 5. The highest BCUT2D eigenvalue weighted by molar-refractivity contribution is 7.22. The molecular weight excluding hydrogens is 398 g/mol. The van der Waals surface area contributed by atoms with Crippen molar-refractivity contribution >= 4 is 27.5 Å². The van der Waals surface area contributed by atoms with Crippen LogP contribution in [0.25, 0.3) is 20.7 Å². The predicted molar refractivity (Wildman–Crippen MR) is 119 cm³/mol. The van der Waals surface area contributed by atoms with Crippen molar-refractivity contribution in [3.8, 4) is 16.2 Å². The average Bonchev–Trinajstić information content (AvgIpc) is 3.12. The van der Waals surface area contributed by atoms with Gasteiger partial charge in [0.2, 0.25) is 5.91 Å². The third-order valence-corrected chi connectivity index (χ3v) is 6.16. The number of fused-ring (bicyclic) bond motifs is 1. The van der Waals surface area contributed by atoms with Crippen molar-refractivity contribution in [2.45, 2.75) is 20.0 Å². The monoisotopic (exact) mass is 419 g/mol. The highest BCUT2D eigenvalue weighted by Gasteiger charge is 2.16. The number of carbonyl (C=O) groups excluding carboxylic acids is 1. The summed E-state index contributed by atoms with van der Waals surface area (Å²) < 4.78 is 6.49. The minimum Gasteiger partial charge on any atom is -0.497 e. The Hall–Kier alpha value is -3.45. The van der Waals surface area contributed by atoms with Gasteiger partial charge in [0.05, 0.1) is 18.8 Å². The molecule has 4 rings (SSSR count). The van der Waals surface area contributed by atoms with Crippen LogP contribution in [0.1, 0.15) is 11.1 Å². The van der Waals surface area contributed by atoms with E-state index in [1.165, 1.54) is 22.2 Å². The number of ether oxygens (including phenoxy) is 1. The number of thiophene rings is 1. The molecule has 0 aliphatic carbocycles. The topological polar surface area (TPSA) is 73.2 Å². The summed E-state index contributed by atoms with van der Waals surface area (Å²) >= 11 is 1.49. The molecule has 1 amide bonds. The normalized spacial score (nSPS) is 10.9. The van der Waals surface area contributed by atoms with E-state index in [4.69, 9.17) is 4.74 Å². The lowest BCUT2D eigenvalue weighted by Gasteiger charge is -2.08.